The lowest BCUT2D eigenvalue weighted by atomic mass is 10.1. The van der Waals surface area contributed by atoms with Crippen molar-refractivity contribution in [3.63, 3.8) is 0 Å². The van der Waals surface area contributed by atoms with Crippen LogP contribution in [0.5, 0.6) is 0 Å². The van der Waals surface area contributed by atoms with Gasteiger partial charge in [-0.05, 0) is 23.8 Å². The van der Waals surface area contributed by atoms with Crippen LogP contribution in [0.1, 0.15) is 11.6 Å². The number of hydrogen-bond donors (Lipinski definition) is 2. The highest BCUT2D eigenvalue weighted by Gasteiger charge is 2.17. The molecule has 0 aliphatic heterocycles. The minimum absolute atomic E-state index is 0.234. The molecule has 110 valence electrons. The Bertz CT molecular complexity index is 629. The molecule has 0 bridgehead atoms. The highest BCUT2D eigenvalue weighted by Crippen LogP contribution is 2.28. The number of amides is 1. The van der Waals surface area contributed by atoms with Crippen LogP contribution in [0, 0.1) is 0 Å². The molecule has 0 aliphatic carbocycles. The van der Waals surface area contributed by atoms with E-state index in [9.17, 15) is 4.79 Å². The van der Waals surface area contributed by atoms with Crippen LogP contribution in [-0.4, -0.2) is 20.0 Å². The number of benzene rings is 2. The van der Waals surface area contributed by atoms with Gasteiger partial charge in [0.1, 0.15) is 6.04 Å². The fourth-order valence-electron chi connectivity index (χ4n) is 2.02. The normalized spacial score (nSPS) is 11.8. The number of carbonyl (C=O) groups is 1. The van der Waals surface area contributed by atoms with Crippen molar-refractivity contribution < 1.29 is 4.79 Å². The first-order valence-electron chi connectivity index (χ1n) is 6.57. The number of rotatable bonds is 4. The molecule has 5 heteroatoms. The van der Waals surface area contributed by atoms with Crippen LogP contribution in [-0.2, 0) is 4.79 Å². The van der Waals surface area contributed by atoms with Gasteiger partial charge in [-0.1, -0.05) is 46.3 Å². The van der Waals surface area contributed by atoms with Crippen molar-refractivity contribution >= 4 is 33.2 Å². The van der Waals surface area contributed by atoms with Gasteiger partial charge in [-0.25, -0.2) is 0 Å². The van der Waals surface area contributed by atoms with Crippen molar-refractivity contribution in [3.8, 4) is 0 Å². The van der Waals surface area contributed by atoms with Crippen LogP contribution >= 0.6 is 15.9 Å². The third-order valence-electron chi connectivity index (χ3n) is 3.14. The lowest BCUT2D eigenvalue weighted by Crippen LogP contribution is -2.28. The standard InChI is InChI=1S/C16H18BrN3O/c1-20(2)14-9-8-12(17)10-13(14)19-16(21)15(18)11-6-4-3-5-7-11/h3-10,15H,18H2,1-2H3,(H,19,21)/t15-/m1/s1. The van der Waals surface area contributed by atoms with Crippen LogP contribution in [0.4, 0.5) is 11.4 Å². The molecular weight excluding hydrogens is 330 g/mol. The highest BCUT2D eigenvalue weighted by atomic mass is 79.9. The predicted octanol–water partition coefficient (Wildman–Crippen LogP) is 3.15. The maximum atomic E-state index is 12.3. The van der Waals surface area contributed by atoms with Gasteiger partial charge in [0.15, 0.2) is 0 Å². The summed E-state index contributed by atoms with van der Waals surface area (Å²) in [5.41, 5.74) is 8.45. The minimum Gasteiger partial charge on any atom is -0.376 e. The first-order valence-corrected chi connectivity index (χ1v) is 7.36. The second-order valence-electron chi connectivity index (χ2n) is 4.93. The van der Waals surface area contributed by atoms with E-state index in [1.165, 1.54) is 0 Å². The van der Waals surface area contributed by atoms with Crippen LogP contribution < -0.4 is 16.0 Å². The number of nitrogens with two attached hydrogens (primary N) is 1. The van der Waals surface area contributed by atoms with Gasteiger partial charge >= 0.3 is 0 Å². The largest absolute Gasteiger partial charge is 0.376 e. The number of nitrogens with one attached hydrogen (secondary N) is 1. The third kappa shape index (κ3) is 3.83. The summed E-state index contributed by atoms with van der Waals surface area (Å²) in [5, 5.41) is 2.90. The quantitative estimate of drug-likeness (QED) is 0.892. The van der Waals surface area contributed by atoms with Gasteiger partial charge in [0, 0.05) is 18.6 Å². The molecule has 4 nitrogen and oxygen atoms in total. The molecule has 1 amide bonds. The van der Waals surface area contributed by atoms with Crippen LogP contribution in [0.15, 0.2) is 53.0 Å². The number of halogens is 1. The molecule has 21 heavy (non-hydrogen) atoms. The van der Waals surface area contributed by atoms with Crippen molar-refractivity contribution in [1.29, 1.82) is 0 Å². The molecule has 0 aliphatic rings. The van der Waals surface area contributed by atoms with E-state index in [0.29, 0.717) is 0 Å². The van der Waals surface area contributed by atoms with Crippen LogP contribution in [0.25, 0.3) is 0 Å². The topological polar surface area (TPSA) is 58.4 Å². The van der Waals surface area contributed by atoms with Crippen molar-refractivity contribution in [1.82, 2.24) is 0 Å². The van der Waals surface area contributed by atoms with Gasteiger partial charge in [-0.3, -0.25) is 4.79 Å². The second-order valence-corrected chi connectivity index (χ2v) is 5.85. The van der Waals surface area contributed by atoms with Gasteiger partial charge in [0.25, 0.3) is 0 Å². The summed E-state index contributed by atoms with van der Waals surface area (Å²) < 4.78 is 0.900. The average molecular weight is 348 g/mol. The van der Waals surface area contributed by atoms with Crippen molar-refractivity contribution in [2.75, 3.05) is 24.3 Å². The van der Waals surface area contributed by atoms with Gasteiger partial charge in [0.2, 0.25) is 5.91 Å². The zero-order valence-corrected chi connectivity index (χ0v) is 13.6. The van der Waals surface area contributed by atoms with Crippen molar-refractivity contribution in [3.05, 3.63) is 58.6 Å². The Labute approximate surface area is 133 Å². The second kappa shape index (κ2) is 6.74. The van der Waals surface area contributed by atoms with Crippen LogP contribution in [0.3, 0.4) is 0 Å². The molecular formula is C16H18BrN3O. The fourth-order valence-corrected chi connectivity index (χ4v) is 2.38. The van der Waals surface area contributed by atoms with Gasteiger partial charge in [0.05, 0.1) is 11.4 Å². The summed E-state index contributed by atoms with van der Waals surface area (Å²) >= 11 is 3.42. The van der Waals surface area contributed by atoms with Gasteiger partial charge in [-0.2, -0.15) is 0 Å². The van der Waals surface area contributed by atoms with E-state index in [-0.39, 0.29) is 5.91 Å². The Morgan fingerprint density at radius 3 is 2.48 bits per heavy atom. The molecule has 0 fully saturated rings. The van der Waals surface area contributed by atoms with E-state index in [2.05, 4.69) is 21.2 Å². The molecule has 0 heterocycles. The van der Waals surface area contributed by atoms with E-state index in [1.54, 1.807) is 0 Å². The molecule has 2 aromatic rings. The van der Waals surface area contributed by atoms with Gasteiger partial charge in [-0.15, -0.1) is 0 Å². The summed E-state index contributed by atoms with van der Waals surface area (Å²) in [6, 6.07) is 14.4. The number of hydrogen-bond acceptors (Lipinski definition) is 3. The molecule has 3 N–H and O–H groups in total. The molecule has 0 radical (unpaired) electrons. The highest BCUT2D eigenvalue weighted by molar-refractivity contribution is 9.10. The number of anilines is 2. The molecule has 0 saturated heterocycles. The average Bonchev–Trinajstić information content (AvgIpc) is 2.47. The summed E-state index contributed by atoms with van der Waals surface area (Å²) in [7, 11) is 3.85. The maximum Gasteiger partial charge on any atom is 0.245 e. The monoisotopic (exact) mass is 347 g/mol. The van der Waals surface area contributed by atoms with E-state index in [4.69, 9.17) is 5.73 Å². The minimum atomic E-state index is -0.694. The fraction of sp³-hybridized carbons (Fsp3) is 0.188. The Kier molecular flexibility index (Phi) is 4.98. The number of nitrogens with zero attached hydrogens (tertiary/aromatic N) is 1. The molecule has 0 spiro atoms. The van der Waals surface area contributed by atoms with E-state index in [0.717, 1.165) is 21.4 Å². The maximum absolute atomic E-state index is 12.3. The lowest BCUT2D eigenvalue weighted by Gasteiger charge is -2.20. The van der Waals surface area contributed by atoms with E-state index >= 15 is 0 Å². The van der Waals surface area contributed by atoms with Gasteiger partial charge < -0.3 is 16.0 Å². The van der Waals surface area contributed by atoms with Crippen LogP contribution in [0.2, 0.25) is 0 Å². The molecule has 2 aromatic carbocycles. The zero-order chi connectivity index (χ0) is 15.4. The summed E-state index contributed by atoms with van der Waals surface area (Å²) in [4.78, 5) is 14.3. The predicted molar refractivity (Wildman–Crippen MR) is 90.5 cm³/mol. The SMILES string of the molecule is CN(C)c1ccc(Br)cc1NC(=O)[C@H](N)c1ccccc1. The number of carbonyl (C=O) groups excluding carboxylic acids is 1. The first-order chi connectivity index (χ1) is 9.99. The molecule has 0 unspecified atom stereocenters. The smallest absolute Gasteiger partial charge is 0.245 e. The Morgan fingerprint density at radius 2 is 1.86 bits per heavy atom. The first kappa shape index (κ1) is 15.5. The van der Waals surface area contributed by atoms with E-state index < -0.39 is 6.04 Å². The van der Waals surface area contributed by atoms with Crippen molar-refractivity contribution in [2.24, 2.45) is 5.73 Å². The Balaban J connectivity index is 2.22. The zero-order valence-electron chi connectivity index (χ0n) is 12.0. The summed E-state index contributed by atoms with van der Waals surface area (Å²) in [5.74, 6) is -0.234. The molecule has 0 aromatic heterocycles. The Hall–Kier alpha value is -1.85. The van der Waals surface area contributed by atoms with E-state index in [1.807, 2.05) is 67.5 Å². The van der Waals surface area contributed by atoms with Crippen molar-refractivity contribution in [2.45, 2.75) is 6.04 Å². The Morgan fingerprint density at radius 1 is 1.19 bits per heavy atom. The lowest BCUT2D eigenvalue weighted by molar-refractivity contribution is -0.117. The third-order valence-corrected chi connectivity index (χ3v) is 3.63. The molecule has 2 rings (SSSR count). The molecule has 0 saturated carbocycles. The molecule has 1 atom stereocenters. The summed E-state index contributed by atoms with van der Waals surface area (Å²) in [6.45, 7) is 0. The summed E-state index contributed by atoms with van der Waals surface area (Å²) in [6.07, 6.45) is 0.